The standard InChI is InChI=1S/C57H58BF6N11O4S/c1-70-49-34-66-56(69-54(49)71(2)53-44(55(70)78)8-6-9-46(53)59)68-40-15-12-38(45(33-40)57(60,61)62)35-72-25-22-41(23-26-72)73-27-29-74(30-28-73)52(77)11-4-3-5-24-65-51(76)36-79-43-18-13-37(14-19-43)48-21-17-42(75(48)58(63)64)32-39-16-20-47(67-39)50-10-7-31-80-50/h6-10,12-21,31-34,41,67H,3-5,11,22-30,35-36H2,1-2H3,(H-,65,66,68,69,76)/q-1/p+1/b42-32-. The molecule has 7 heterocycles. The first-order valence-corrected chi connectivity index (χ1v) is 27.4. The quantitative estimate of drug-likeness (QED) is 0.0432. The van der Waals surface area contributed by atoms with Gasteiger partial charge in [0.05, 0.1) is 33.6 Å². The maximum atomic E-state index is 15.0. The van der Waals surface area contributed by atoms with Crippen LogP contribution in [0.2, 0.25) is 0 Å². The Hall–Kier alpha value is -7.76. The van der Waals surface area contributed by atoms with Gasteiger partial charge in [-0.15, -0.1) is 11.3 Å². The number of H-pyrrole nitrogens is 1. The molecule has 4 aliphatic heterocycles. The molecule has 0 spiro atoms. The van der Waals surface area contributed by atoms with Crippen LogP contribution < -0.4 is 25.2 Å². The summed E-state index contributed by atoms with van der Waals surface area (Å²) < 4.78 is 94.2. The van der Waals surface area contributed by atoms with Crippen LogP contribution in [0.3, 0.4) is 0 Å². The number of rotatable bonds is 18. The highest BCUT2D eigenvalue weighted by atomic mass is 32.1. The van der Waals surface area contributed by atoms with Gasteiger partial charge in [0.25, 0.3) is 11.8 Å². The number of likely N-dealkylation sites (tertiary alicyclic amines) is 1. The van der Waals surface area contributed by atoms with Crippen LogP contribution in [0.15, 0.2) is 114 Å². The molecule has 4 aliphatic rings. The lowest BCUT2D eigenvalue weighted by molar-refractivity contribution is -0.339. The van der Waals surface area contributed by atoms with Crippen LogP contribution in [0, 0.1) is 5.82 Å². The van der Waals surface area contributed by atoms with E-state index in [0.717, 1.165) is 53.5 Å². The van der Waals surface area contributed by atoms with Crippen LogP contribution in [-0.2, 0) is 22.3 Å². The fourth-order valence-corrected chi connectivity index (χ4v) is 11.4. The molecule has 417 valence electrons. The van der Waals surface area contributed by atoms with E-state index in [0.29, 0.717) is 86.1 Å². The number of para-hydroxylation sites is 1. The molecule has 6 aromatic rings. The normalized spacial score (nSPS) is 16.9. The number of ether oxygens (including phenoxy) is 1. The van der Waals surface area contributed by atoms with Crippen molar-refractivity contribution in [3.8, 4) is 16.3 Å². The van der Waals surface area contributed by atoms with Crippen molar-refractivity contribution in [3.63, 3.8) is 0 Å². The molecule has 2 saturated heterocycles. The lowest BCUT2D eigenvalue weighted by Crippen LogP contribution is -2.54. The Morgan fingerprint density at radius 1 is 0.912 bits per heavy atom. The van der Waals surface area contributed by atoms with Gasteiger partial charge >= 0.3 is 13.6 Å². The number of alkyl halides is 3. The molecule has 0 unspecified atom stereocenters. The van der Waals surface area contributed by atoms with Gasteiger partial charge in [0.15, 0.2) is 23.8 Å². The summed E-state index contributed by atoms with van der Waals surface area (Å²) >= 11 is 1.59. The number of carbonyl (C=O) groups is 3. The SMILES string of the molecule is CN1C(=O)c2cccc(F)c2N(C)c2nc(Nc3ccc(CN4CCC(N5CCN(C(=O)CCCCCNC(=O)COc6ccc(C7=[N+]([B-](F)F)/C(=C\c8ccc(-c9cccs9)[nH]8)C=C7)cc6)CC5)CC4)c(C(F)(F)F)c3)ncc21. The third kappa shape index (κ3) is 12.6. The maximum absolute atomic E-state index is 15.0. The number of amides is 3. The van der Waals surface area contributed by atoms with E-state index >= 15 is 4.39 Å². The van der Waals surface area contributed by atoms with Gasteiger partial charge in [0.1, 0.15) is 17.3 Å². The zero-order valence-electron chi connectivity index (χ0n) is 44.1. The predicted molar refractivity (Wildman–Crippen MR) is 297 cm³/mol. The third-order valence-electron chi connectivity index (χ3n) is 14.9. The highest BCUT2D eigenvalue weighted by Crippen LogP contribution is 2.41. The summed E-state index contributed by atoms with van der Waals surface area (Å²) in [5.74, 6) is -0.697. The first-order valence-electron chi connectivity index (χ1n) is 26.5. The summed E-state index contributed by atoms with van der Waals surface area (Å²) in [5, 5.41) is 7.70. The zero-order chi connectivity index (χ0) is 56.1. The molecule has 10 rings (SSSR count). The number of aromatic amines is 1. The summed E-state index contributed by atoms with van der Waals surface area (Å²) in [6.45, 7) is 4.25. The summed E-state index contributed by atoms with van der Waals surface area (Å²) in [6.07, 6.45) is 5.85. The molecule has 1 radical (unpaired) electrons. The highest BCUT2D eigenvalue weighted by Gasteiger charge is 2.36. The topological polar surface area (TPSA) is 145 Å². The molecule has 0 atom stereocenters. The number of hydrogen-bond donors (Lipinski definition) is 3. The van der Waals surface area contributed by atoms with Crippen molar-refractivity contribution >= 4 is 77.1 Å². The molecular formula is C57H59BF6N11O4S. The molecule has 3 N–H and O–H groups in total. The summed E-state index contributed by atoms with van der Waals surface area (Å²) in [4.78, 5) is 61.0. The largest absolute Gasteiger partial charge is 0.609 e. The minimum Gasteiger partial charge on any atom is -0.484 e. The highest BCUT2D eigenvalue weighted by molar-refractivity contribution is 7.13. The number of halogens is 6. The number of nitrogens with one attached hydrogen (secondary N) is 3. The minimum absolute atomic E-state index is 0.0266. The van der Waals surface area contributed by atoms with Crippen molar-refractivity contribution < 1.29 is 49.8 Å². The van der Waals surface area contributed by atoms with Crippen molar-refractivity contribution in [3.05, 3.63) is 148 Å². The Balaban J connectivity index is 0.614. The molecule has 0 aliphatic carbocycles. The molecule has 3 aromatic carbocycles. The van der Waals surface area contributed by atoms with Crippen molar-refractivity contribution in [2.45, 2.75) is 57.3 Å². The molecule has 80 heavy (non-hydrogen) atoms. The van der Waals surface area contributed by atoms with E-state index in [2.05, 4.69) is 30.5 Å². The van der Waals surface area contributed by atoms with Crippen LogP contribution in [0.4, 0.5) is 55.0 Å². The van der Waals surface area contributed by atoms with Gasteiger partial charge in [-0.05, 0) is 116 Å². The molecule has 3 aromatic heterocycles. The molecule has 3 amide bonds. The summed E-state index contributed by atoms with van der Waals surface area (Å²) in [5.41, 5.74) is 2.82. The smallest absolute Gasteiger partial charge is 0.484 e. The number of anilines is 5. The van der Waals surface area contributed by atoms with Gasteiger partial charge in [-0.1, -0.05) is 24.6 Å². The number of allylic oxidation sites excluding steroid dienone is 2. The Bertz CT molecular complexity index is 3320. The molecule has 0 bridgehead atoms. The van der Waals surface area contributed by atoms with Gasteiger partial charge in [0, 0.05) is 101 Å². The second-order valence-electron chi connectivity index (χ2n) is 20.1. The second-order valence-corrected chi connectivity index (χ2v) is 21.0. The fraction of sp³-hybridized carbons (Fsp3) is 0.333. The number of hydrogen-bond acceptors (Lipinski definition) is 11. The zero-order valence-corrected chi connectivity index (χ0v) is 44.9. The van der Waals surface area contributed by atoms with E-state index < -0.39 is 30.9 Å². The van der Waals surface area contributed by atoms with E-state index in [1.54, 1.807) is 66.9 Å². The Morgan fingerprint density at radius 3 is 2.44 bits per heavy atom. The van der Waals surface area contributed by atoms with Crippen LogP contribution in [-0.4, -0.2) is 138 Å². The van der Waals surface area contributed by atoms with Crippen molar-refractivity contribution in [1.29, 1.82) is 0 Å². The number of unbranched alkanes of at least 4 members (excludes halogenated alkanes) is 2. The Kier molecular flexibility index (Phi) is 16.9. The van der Waals surface area contributed by atoms with E-state index in [-0.39, 0.29) is 65.3 Å². The fourth-order valence-electron chi connectivity index (χ4n) is 10.7. The van der Waals surface area contributed by atoms with Gasteiger partial charge in [0.2, 0.25) is 11.9 Å². The number of benzene rings is 3. The predicted octanol–water partition coefficient (Wildman–Crippen LogP) is 9.99. The van der Waals surface area contributed by atoms with Crippen LogP contribution in [0.5, 0.6) is 5.75 Å². The monoisotopic (exact) mass is 1120 g/mol. The van der Waals surface area contributed by atoms with Crippen LogP contribution in [0.25, 0.3) is 16.6 Å². The van der Waals surface area contributed by atoms with E-state index in [1.807, 2.05) is 39.4 Å². The molecule has 23 heteroatoms. The number of thiophene rings is 1. The molecule has 2 fully saturated rings. The first kappa shape index (κ1) is 55.6. The van der Waals surface area contributed by atoms with Gasteiger partial charge < -0.3 is 48.2 Å². The van der Waals surface area contributed by atoms with E-state index in [9.17, 15) is 36.2 Å². The summed E-state index contributed by atoms with van der Waals surface area (Å²) in [6, 6.07) is 22.9. The Morgan fingerprint density at radius 2 is 1.70 bits per heavy atom. The lowest BCUT2D eigenvalue weighted by atomic mass is 10.00. The van der Waals surface area contributed by atoms with Crippen molar-refractivity contribution in [2.75, 3.05) is 81.6 Å². The first-order chi connectivity index (χ1) is 38.6. The lowest BCUT2D eigenvalue weighted by Gasteiger charge is -2.43. The average molecular weight is 1120 g/mol. The van der Waals surface area contributed by atoms with Gasteiger partial charge in [-0.2, -0.15) is 18.2 Å². The Labute approximate surface area is 463 Å². The van der Waals surface area contributed by atoms with E-state index in [4.69, 9.17) is 4.74 Å². The maximum Gasteiger partial charge on any atom is 0.609 e. The number of piperidine rings is 1. The van der Waals surface area contributed by atoms with Crippen molar-refractivity contribution in [1.82, 2.24) is 35.0 Å². The number of piperazine rings is 1. The van der Waals surface area contributed by atoms with Crippen LogP contribution in [0.1, 0.15) is 71.3 Å². The minimum atomic E-state index is -4.64. The van der Waals surface area contributed by atoms with Crippen LogP contribution >= 0.6 is 11.3 Å². The molecule has 15 nitrogen and oxygen atoms in total. The molecule has 0 saturated carbocycles. The second kappa shape index (κ2) is 24.3. The van der Waals surface area contributed by atoms with Gasteiger partial charge in [-0.25, -0.2) is 9.37 Å². The van der Waals surface area contributed by atoms with E-state index in [1.165, 1.54) is 47.3 Å². The number of nitrogens with zero attached hydrogens (tertiary/aromatic N) is 8. The summed E-state index contributed by atoms with van der Waals surface area (Å²) in [7, 11) is 0.303. The average Bonchev–Trinajstić information content (AvgIpc) is 4.29. The number of aromatic nitrogens is 3. The number of fused-ring (bicyclic) bond motifs is 2. The number of carbonyl (C=O) groups excluding carboxylic acids is 3. The van der Waals surface area contributed by atoms with Gasteiger partial charge in [-0.3, -0.25) is 24.2 Å². The molecular weight excluding hydrogens is 1060 g/mol. The van der Waals surface area contributed by atoms with Crippen molar-refractivity contribution in [2.24, 2.45) is 0 Å². The third-order valence-corrected chi connectivity index (χ3v) is 15.8.